The number of hydrogen-bond donors (Lipinski definition) is 5. The minimum Gasteiger partial charge on any atom is -0.505 e. The summed E-state index contributed by atoms with van der Waals surface area (Å²) in [6.07, 6.45) is -0.00755. The Morgan fingerprint density at radius 1 is 1.04 bits per heavy atom. The number of fused-ring (bicyclic) bond motifs is 3. The molecule has 0 spiro atoms. The third-order valence-corrected chi connectivity index (χ3v) is 9.33. The fraction of sp³-hybridized carbons (Fsp3) is 0.438. The minimum absolute atomic E-state index is 0.0521. The van der Waals surface area contributed by atoms with Crippen LogP contribution in [0.4, 0.5) is 11.4 Å². The van der Waals surface area contributed by atoms with E-state index in [1.165, 1.54) is 25.1 Å². The summed E-state index contributed by atoms with van der Waals surface area (Å²) in [5.74, 6) is -12.4. The number of phenolic OH excluding ortho intramolecular Hbond substituents is 1. The third-order valence-electron chi connectivity index (χ3n) is 9.33. The Balaban J connectivity index is 1.51. The van der Waals surface area contributed by atoms with Crippen LogP contribution in [0.25, 0.3) is 0 Å². The number of ketones is 4. The zero-order valence-corrected chi connectivity index (χ0v) is 25.9. The van der Waals surface area contributed by atoms with Crippen molar-refractivity contribution < 1.29 is 44.2 Å². The lowest BCUT2D eigenvalue weighted by Gasteiger charge is -2.52. The van der Waals surface area contributed by atoms with E-state index in [2.05, 4.69) is 5.32 Å². The van der Waals surface area contributed by atoms with Crippen LogP contribution in [0.3, 0.4) is 0 Å². The number of hydroxylamine groups is 2. The van der Waals surface area contributed by atoms with Gasteiger partial charge in [-0.3, -0.25) is 33.7 Å². The van der Waals surface area contributed by atoms with Crippen molar-refractivity contribution in [1.82, 2.24) is 9.96 Å². The van der Waals surface area contributed by atoms with E-state index in [1.807, 2.05) is 6.07 Å². The Hall–Kier alpha value is -4.50. The molecule has 2 aromatic rings. The monoisotopic (exact) mass is 635 g/mol. The molecule has 0 bridgehead atoms. The van der Waals surface area contributed by atoms with E-state index in [0.717, 1.165) is 10.6 Å². The van der Waals surface area contributed by atoms with Gasteiger partial charge in [-0.1, -0.05) is 30.3 Å². The summed E-state index contributed by atoms with van der Waals surface area (Å²) in [4.78, 5) is 83.2. The first kappa shape index (κ1) is 32.9. The molecule has 14 heteroatoms. The van der Waals surface area contributed by atoms with Crippen LogP contribution in [0.15, 0.2) is 36.4 Å². The Morgan fingerprint density at radius 3 is 2.28 bits per heavy atom. The van der Waals surface area contributed by atoms with Crippen molar-refractivity contribution in [3.63, 3.8) is 0 Å². The highest BCUT2D eigenvalue weighted by Gasteiger charge is 2.69. The first-order chi connectivity index (χ1) is 21.6. The van der Waals surface area contributed by atoms with Gasteiger partial charge in [0.2, 0.25) is 11.8 Å². The van der Waals surface area contributed by atoms with E-state index < -0.39 is 82.6 Å². The lowest BCUT2D eigenvalue weighted by atomic mass is 9.52. The van der Waals surface area contributed by atoms with Crippen molar-refractivity contribution in [2.75, 3.05) is 45.0 Å². The van der Waals surface area contributed by atoms with Crippen molar-refractivity contribution >= 4 is 46.3 Å². The van der Waals surface area contributed by atoms with Crippen LogP contribution in [0.5, 0.6) is 5.75 Å². The molecule has 2 fully saturated rings. The van der Waals surface area contributed by atoms with Gasteiger partial charge in [0.05, 0.1) is 23.2 Å². The van der Waals surface area contributed by atoms with Gasteiger partial charge in [0.15, 0.2) is 34.7 Å². The van der Waals surface area contributed by atoms with Crippen LogP contribution < -0.4 is 16.0 Å². The molecule has 0 saturated heterocycles. The molecule has 14 nitrogen and oxygen atoms in total. The van der Waals surface area contributed by atoms with Crippen LogP contribution in [0.2, 0.25) is 0 Å². The minimum atomic E-state index is -2.84. The maximum absolute atomic E-state index is 14.1. The largest absolute Gasteiger partial charge is 0.505 e. The number of nitrogens with one attached hydrogen (secondary N) is 1. The van der Waals surface area contributed by atoms with Gasteiger partial charge in [-0.2, -0.15) is 5.06 Å². The quantitative estimate of drug-likeness (QED) is 0.145. The van der Waals surface area contributed by atoms with E-state index in [1.54, 1.807) is 43.3 Å². The summed E-state index contributed by atoms with van der Waals surface area (Å²) >= 11 is 0. The van der Waals surface area contributed by atoms with Crippen LogP contribution in [0, 0.1) is 23.7 Å². The number of primary amides is 1. The molecule has 6 N–H and O–H groups in total. The SMILES string of the molecule is CN(C)c1cc(NC(=O)CN(O)Cc2ccccc2)c(O)c2c1C[C@H]1C[C@H]3[C@H](N(C)C)C(=O)C(C(N)=O)C(=O)[C@@]3(O)C(=O)C1C2=O. The summed E-state index contributed by atoms with van der Waals surface area (Å²) in [7, 11) is 6.42. The number of carbonyl (C=O) groups is 6. The molecular weight excluding hydrogens is 598 g/mol. The van der Waals surface area contributed by atoms with Gasteiger partial charge in [0, 0.05) is 32.2 Å². The second-order valence-electron chi connectivity index (χ2n) is 12.7. The molecule has 6 atom stereocenters. The first-order valence-corrected chi connectivity index (χ1v) is 14.8. The zero-order chi connectivity index (χ0) is 33.8. The molecule has 0 aromatic heterocycles. The number of amides is 2. The molecule has 0 aliphatic heterocycles. The number of likely N-dealkylation sites (N-methyl/N-ethyl adjacent to an activating group) is 1. The summed E-state index contributed by atoms with van der Waals surface area (Å²) in [5.41, 5.74) is 3.74. The number of benzene rings is 2. The molecular formula is C32H37N5O9. The number of rotatable bonds is 8. The standard InChI is InChI=1S/C32H37N5O9/c1-35(2)20-12-19(34-21(38)14-37(46)13-15-8-6-5-7-9-15)26(39)23-17(20)10-16-11-18-25(36(3)4)28(41)24(31(33)44)30(43)32(18,45)29(42)22(16)27(23)40/h5-9,12,16,18,22,24-25,39,45-46H,10-11,13-14H2,1-4H3,(H2,33,44)(H,34,38)/t16-,18-,22?,24?,25-,32-/m0/s1. The highest BCUT2D eigenvalue weighted by Crippen LogP contribution is 2.52. The molecule has 46 heavy (non-hydrogen) atoms. The number of hydrogen-bond acceptors (Lipinski definition) is 12. The topological polar surface area (TPSA) is 211 Å². The van der Waals surface area contributed by atoms with Crippen LogP contribution in [-0.2, 0) is 36.9 Å². The molecule has 244 valence electrons. The Kier molecular flexibility index (Phi) is 8.59. The van der Waals surface area contributed by atoms with Crippen molar-refractivity contribution in [3.8, 4) is 5.75 Å². The van der Waals surface area contributed by atoms with Gasteiger partial charge in [0.1, 0.15) is 12.3 Å². The van der Waals surface area contributed by atoms with E-state index in [9.17, 15) is 44.2 Å². The summed E-state index contributed by atoms with van der Waals surface area (Å²) in [6, 6.07) is 9.22. The number of phenols is 1. The van der Waals surface area contributed by atoms with Gasteiger partial charge in [-0.15, -0.1) is 0 Å². The second-order valence-corrected chi connectivity index (χ2v) is 12.7. The molecule has 3 aliphatic rings. The van der Waals surface area contributed by atoms with Gasteiger partial charge in [0.25, 0.3) is 0 Å². The van der Waals surface area contributed by atoms with Crippen molar-refractivity contribution in [1.29, 1.82) is 0 Å². The van der Waals surface area contributed by atoms with E-state index >= 15 is 0 Å². The molecule has 0 heterocycles. The molecule has 0 radical (unpaired) electrons. The fourth-order valence-electron chi connectivity index (χ4n) is 7.35. The highest BCUT2D eigenvalue weighted by atomic mass is 16.5. The van der Waals surface area contributed by atoms with Gasteiger partial charge in [-0.05, 0) is 50.0 Å². The first-order valence-electron chi connectivity index (χ1n) is 14.8. The smallest absolute Gasteiger partial charge is 0.241 e. The molecule has 2 amide bonds. The zero-order valence-electron chi connectivity index (χ0n) is 25.9. The Labute approximate surface area is 264 Å². The number of nitrogens with two attached hydrogens (primary N) is 1. The fourth-order valence-corrected chi connectivity index (χ4v) is 7.35. The van der Waals surface area contributed by atoms with E-state index in [0.29, 0.717) is 11.3 Å². The number of aromatic hydroxyl groups is 1. The normalized spacial score (nSPS) is 27.3. The van der Waals surface area contributed by atoms with Gasteiger partial charge < -0.3 is 31.4 Å². The van der Waals surface area contributed by atoms with E-state index in [4.69, 9.17) is 5.73 Å². The number of aliphatic hydroxyl groups is 1. The summed E-state index contributed by atoms with van der Waals surface area (Å²) in [5, 5.41) is 36.7. The molecule has 5 rings (SSSR count). The number of carbonyl (C=O) groups excluding carboxylic acids is 6. The van der Waals surface area contributed by atoms with Crippen molar-refractivity contribution in [2.24, 2.45) is 29.4 Å². The second kappa shape index (κ2) is 12.0. The third kappa shape index (κ3) is 5.26. The average molecular weight is 636 g/mol. The van der Waals surface area contributed by atoms with Crippen molar-refractivity contribution in [3.05, 3.63) is 53.1 Å². The molecule has 2 saturated carbocycles. The number of Topliss-reactive ketones (excluding diaryl/α,β-unsaturated/α-hetero) is 4. The van der Waals surface area contributed by atoms with E-state index in [-0.39, 0.29) is 30.6 Å². The Morgan fingerprint density at radius 2 is 1.70 bits per heavy atom. The van der Waals surface area contributed by atoms with Crippen LogP contribution in [0.1, 0.15) is 27.9 Å². The molecule has 2 aromatic carbocycles. The molecule has 3 aliphatic carbocycles. The van der Waals surface area contributed by atoms with Gasteiger partial charge in [-0.25, -0.2) is 0 Å². The molecule has 2 unspecified atom stereocenters. The summed E-state index contributed by atoms with van der Waals surface area (Å²) in [6.45, 7) is -0.417. The average Bonchev–Trinajstić information content (AvgIpc) is 2.96. The highest BCUT2D eigenvalue weighted by molar-refractivity contribution is 6.32. The van der Waals surface area contributed by atoms with Crippen LogP contribution >= 0.6 is 0 Å². The lowest BCUT2D eigenvalue weighted by Crippen LogP contribution is -2.74. The maximum Gasteiger partial charge on any atom is 0.241 e. The number of nitrogens with zero attached hydrogens (tertiary/aromatic N) is 3. The predicted molar refractivity (Wildman–Crippen MR) is 163 cm³/mol. The predicted octanol–water partition coefficient (Wildman–Crippen LogP) is -0.237. The van der Waals surface area contributed by atoms with Crippen molar-refractivity contribution in [2.45, 2.75) is 31.0 Å². The van der Waals surface area contributed by atoms with Gasteiger partial charge >= 0.3 is 0 Å². The Bertz CT molecular complexity index is 1640. The number of anilines is 2. The van der Waals surface area contributed by atoms with Crippen LogP contribution in [-0.4, -0.2) is 107 Å². The maximum atomic E-state index is 14.1. The summed E-state index contributed by atoms with van der Waals surface area (Å²) < 4.78 is 0. The lowest BCUT2D eigenvalue weighted by molar-refractivity contribution is -0.181.